The third-order valence-electron chi connectivity index (χ3n) is 5.48. The molecular formula is C18H23N3O4S. The lowest BCUT2D eigenvalue weighted by Crippen LogP contribution is -2.61. The van der Waals surface area contributed by atoms with Gasteiger partial charge in [0.15, 0.2) is 9.84 Å². The number of sulfone groups is 1. The molecule has 2 aromatic rings. The van der Waals surface area contributed by atoms with Gasteiger partial charge in [0, 0.05) is 37.4 Å². The summed E-state index contributed by atoms with van der Waals surface area (Å²) in [7, 11) is -3.17. The van der Waals surface area contributed by atoms with Crippen molar-refractivity contribution in [2.24, 2.45) is 0 Å². The van der Waals surface area contributed by atoms with Gasteiger partial charge < -0.3 is 14.6 Å². The molecule has 0 bridgehead atoms. The third-order valence-corrected chi connectivity index (χ3v) is 7.18. The van der Waals surface area contributed by atoms with E-state index in [9.17, 15) is 18.3 Å². The van der Waals surface area contributed by atoms with Crippen molar-refractivity contribution in [3.05, 3.63) is 36.5 Å². The van der Waals surface area contributed by atoms with E-state index in [-0.39, 0.29) is 42.6 Å². The minimum absolute atomic E-state index is 0.00737. The van der Waals surface area contributed by atoms with Crippen LogP contribution in [0.1, 0.15) is 0 Å². The molecule has 26 heavy (non-hydrogen) atoms. The summed E-state index contributed by atoms with van der Waals surface area (Å²) in [5.41, 5.74) is 0.996. The Bertz CT molecular complexity index is 923. The van der Waals surface area contributed by atoms with Gasteiger partial charge in [0.2, 0.25) is 5.91 Å². The quantitative estimate of drug-likeness (QED) is 0.807. The Hall–Kier alpha value is -1.90. The second-order valence-electron chi connectivity index (χ2n) is 7.06. The average Bonchev–Trinajstić information content (AvgIpc) is 3.15. The van der Waals surface area contributed by atoms with Crippen LogP contribution in [0.3, 0.4) is 0 Å². The van der Waals surface area contributed by atoms with Gasteiger partial charge in [-0.25, -0.2) is 8.42 Å². The lowest BCUT2D eigenvalue weighted by Gasteiger charge is -2.43. The first kappa shape index (κ1) is 17.5. The fourth-order valence-corrected chi connectivity index (χ4v) is 6.27. The zero-order valence-corrected chi connectivity index (χ0v) is 15.3. The Morgan fingerprint density at radius 2 is 1.88 bits per heavy atom. The van der Waals surface area contributed by atoms with Crippen molar-refractivity contribution in [2.75, 3.05) is 37.7 Å². The van der Waals surface area contributed by atoms with E-state index in [1.165, 1.54) is 0 Å². The van der Waals surface area contributed by atoms with E-state index in [1.807, 2.05) is 46.0 Å². The number of aliphatic hydroxyl groups is 1. The van der Waals surface area contributed by atoms with Crippen LogP contribution in [0.4, 0.5) is 0 Å². The molecule has 1 aromatic heterocycles. The van der Waals surface area contributed by atoms with E-state index < -0.39 is 9.84 Å². The Balaban J connectivity index is 1.56. The Morgan fingerprint density at radius 1 is 1.12 bits per heavy atom. The first-order valence-electron chi connectivity index (χ1n) is 8.87. The maximum atomic E-state index is 13.0. The molecule has 2 atom stereocenters. The first-order chi connectivity index (χ1) is 12.5. The number of benzene rings is 1. The fraction of sp³-hybridized carbons (Fsp3) is 0.500. The summed E-state index contributed by atoms with van der Waals surface area (Å²) >= 11 is 0. The minimum Gasteiger partial charge on any atom is -0.395 e. The molecule has 8 heteroatoms. The molecule has 140 valence electrons. The number of amides is 1. The summed E-state index contributed by atoms with van der Waals surface area (Å²) < 4.78 is 26.3. The number of piperazine rings is 1. The molecule has 4 rings (SSSR count). The first-order valence-corrected chi connectivity index (χ1v) is 10.7. The summed E-state index contributed by atoms with van der Waals surface area (Å²) in [5, 5.41) is 10.3. The highest BCUT2D eigenvalue weighted by molar-refractivity contribution is 7.91. The Labute approximate surface area is 152 Å². The van der Waals surface area contributed by atoms with Gasteiger partial charge in [-0.3, -0.25) is 9.69 Å². The van der Waals surface area contributed by atoms with E-state index >= 15 is 0 Å². The predicted molar refractivity (Wildman–Crippen MR) is 98.5 cm³/mol. The van der Waals surface area contributed by atoms with Crippen LogP contribution in [0, 0.1) is 0 Å². The van der Waals surface area contributed by atoms with E-state index in [2.05, 4.69) is 0 Å². The van der Waals surface area contributed by atoms with Crippen molar-refractivity contribution in [2.45, 2.75) is 18.6 Å². The Kier molecular flexibility index (Phi) is 4.50. The monoisotopic (exact) mass is 377 g/mol. The van der Waals surface area contributed by atoms with Gasteiger partial charge in [0.05, 0.1) is 24.2 Å². The molecule has 3 heterocycles. The van der Waals surface area contributed by atoms with Crippen LogP contribution >= 0.6 is 0 Å². The lowest BCUT2D eigenvalue weighted by atomic mass is 10.0. The minimum atomic E-state index is -3.17. The maximum Gasteiger partial charge on any atom is 0.242 e. The van der Waals surface area contributed by atoms with E-state index in [4.69, 9.17) is 0 Å². The standard InChI is InChI=1S/C18H23N3O4S/c22-10-9-19-7-8-21(17-13-26(24,25)12-16(17)19)18(23)11-20-6-5-14-3-1-2-4-15(14)20/h1-6,16-17,22H,7-13H2/t16-,17+/m1/s1. The van der Waals surface area contributed by atoms with Gasteiger partial charge in [-0.1, -0.05) is 18.2 Å². The van der Waals surface area contributed by atoms with Crippen molar-refractivity contribution in [1.82, 2.24) is 14.4 Å². The smallest absolute Gasteiger partial charge is 0.242 e. The van der Waals surface area contributed by atoms with Crippen LogP contribution in [-0.4, -0.2) is 83.6 Å². The average molecular weight is 377 g/mol. The summed E-state index contributed by atoms with van der Waals surface area (Å²) in [6.45, 7) is 1.73. The summed E-state index contributed by atoms with van der Waals surface area (Å²) in [6, 6.07) is 9.32. The molecule has 2 aliphatic rings. The zero-order valence-electron chi connectivity index (χ0n) is 14.5. The Morgan fingerprint density at radius 3 is 2.69 bits per heavy atom. The van der Waals surface area contributed by atoms with Crippen LogP contribution in [0.2, 0.25) is 0 Å². The highest BCUT2D eigenvalue weighted by Crippen LogP contribution is 2.27. The number of nitrogens with zero attached hydrogens (tertiary/aromatic N) is 3. The van der Waals surface area contributed by atoms with Gasteiger partial charge in [-0.2, -0.15) is 0 Å². The van der Waals surface area contributed by atoms with Gasteiger partial charge in [0.25, 0.3) is 0 Å². The number of rotatable bonds is 4. The summed E-state index contributed by atoms with van der Waals surface area (Å²) in [6.07, 6.45) is 1.90. The molecule has 2 fully saturated rings. The van der Waals surface area contributed by atoms with Gasteiger partial charge in [0.1, 0.15) is 6.54 Å². The number of hydrogen-bond acceptors (Lipinski definition) is 5. The molecule has 0 radical (unpaired) electrons. The van der Waals surface area contributed by atoms with Gasteiger partial charge in [-0.05, 0) is 17.5 Å². The van der Waals surface area contributed by atoms with Crippen LogP contribution in [0.25, 0.3) is 10.9 Å². The van der Waals surface area contributed by atoms with Gasteiger partial charge in [-0.15, -0.1) is 0 Å². The zero-order chi connectivity index (χ0) is 18.3. The van der Waals surface area contributed by atoms with Crippen molar-refractivity contribution < 1.29 is 18.3 Å². The molecule has 0 unspecified atom stereocenters. The number of aromatic nitrogens is 1. The number of hydrogen-bond donors (Lipinski definition) is 1. The van der Waals surface area contributed by atoms with E-state index in [0.29, 0.717) is 19.6 Å². The number of carbonyl (C=O) groups excluding carboxylic acids is 1. The molecule has 7 nitrogen and oxygen atoms in total. The second-order valence-corrected chi connectivity index (χ2v) is 9.21. The number of aliphatic hydroxyl groups excluding tert-OH is 1. The number of para-hydroxylation sites is 1. The molecule has 0 spiro atoms. The SMILES string of the molecule is O=C(Cn1ccc2ccccc21)N1CCN(CCO)[C@@H]2CS(=O)(=O)C[C@@H]21. The fourth-order valence-electron chi connectivity index (χ4n) is 4.26. The molecule has 2 saturated heterocycles. The molecule has 0 saturated carbocycles. The van der Waals surface area contributed by atoms with Crippen molar-refractivity contribution in [3.8, 4) is 0 Å². The topological polar surface area (TPSA) is 82.8 Å². The highest BCUT2D eigenvalue weighted by atomic mass is 32.2. The predicted octanol–water partition coefficient (Wildman–Crippen LogP) is -0.0566. The van der Waals surface area contributed by atoms with Crippen molar-refractivity contribution in [3.63, 3.8) is 0 Å². The largest absolute Gasteiger partial charge is 0.395 e. The summed E-state index contributed by atoms with van der Waals surface area (Å²) in [5.74, 6) is 0.0214. The normalized spacial score (nSPS) is 25.5. The number of fused-ring (bicyclic) bond motifs is 2. The molecular weight excluding hydrogens is 354 g/mol. The van der Waals surface area contributed by atoms with Crippen molar-refractivity contribution >= 4 is 26.6 Å². The molecule has 1 aromatic carbocycles. The van der Waals surface area contributed by atoms with Gasteiger partial charge >= 0.3 is 0 Å². The maximum absolute atomic E-state index is 13.0. The third kappa shape index (κ3) is 3.13. The van der Waals surface area contributed by atoms with Crippen LogP contribution < -0.4 is 0 Å². The molecule has 0 aliphatic carbocycles. The van der Waals surface area contributed by atoms with E-state index in [0.717, 1.165) is 10.9 Å². The summed E-state index contributed by atoms with van der Waals surface area (Å²) in [4.78, 5) is 16.7. The van der Waals surface area contributed by atoms with Crippen LogP contribution in [0.15, 0.2) is 36.5 Å². The number of carbonyl (C=O) groups is 1. The molecule has 2 aliphatic heterocycles. The van der Waals surface area contributed by atoms with Crippen LogP contribution in [-0.2, 0) is 21.2 Å². The van der Waals surface area contributed by atoms with Crippen molar-refractivity contribution in [1.29, 1.82) is 0 Å². The highest BCUT2D eigenvalue weighted by Gasteiger charge is 2.47. The second kappa shape index (κ2) is 6.68. The molecule has 1 N–H and O–H groups in total. The van der Waals surface area contributed by atoms with E-state index in [1.54, 1.807) is 4.90 Å². The molecule has 1 amide bonds. The number of β-amino-alcohol motifs (C(OH)–C–C–N with tert-alkyl or cyclic N) is 1. The van der Waals surface area contributed by atoms with Crippen LogP contribution in [0.5, 0.6) is 0 Å². The lowest BCUT2D eigenvalue weighted by molar-refractivity contribution is -0.137.